The van der Waals surface area contributed by atoms with Crippen LogP contribution in [0.1, 0.15) is 22.4 Å². The van der Waals surface area contributed by atoms with Gasteiger partial charge >= 0.3 is 0 Å². The first-order valence-electron chi connectivity index (χ1n) is 6.44. The molecule has 0 aliphatic rings. The second-order valence-electron chi connectivity index (χ2n) is 5.06. The van der Waals surface area contributed by atoms with Crippen molar-refractivity contribution in [3.05, 3.63) is 57.3 Å². The van der Waals surface area contributed by atoms with Gasteiger partial charge in [0, 0.05) is 0 Å². The van der Waals surface area contributed by atoms with E-state index in [1.54, 1.807) is 11.5 Å². The lowest BCUT2D eigenvalue weighted by atomic mass is 10.1. The molecule has 5 heteroatoms. The van der Waals surface area contributed by atoms with E-state index >= 15 is 0 Å². The van der Waals surface area contributed by atoms with E-state index in [-0.39, 0.29) is 5.56 Å². The Hall–Kier alpha value is -2.43. The van der Waals surface area contributed by atoms with Gasteiger partial charge < -0.3 is 4.52 Å². The highest BCUT2D eigenvalue weighted by molar-refractivity contribution is 5.73. The van der Waals surface area contributed by atoms with E-state index in [1.807, 2.05) is 13.8 Å². The predicted molar refractivity (Wildman–Crippen MR) is 75.8 cm³/mol. The maximum absolute atomic E-state index is 12.4. The van der Waals surface area contributed by atoms with E-state index < -0.39 is 0 Å². The molecule has 0 bridgehead atoms. The Kier molecular flexibility index (Phi) is 2.89. The molecule has 102 valence electrons. The van der Waals surface area contributed by atoms with Crippen molar-refractivity contribution >= 4 is 11.1 Å². The Bertz CT molecular complexity index is 846. The zero-order valence-corrected chi connectivity index (χ0v) is 11.7. The van der Waals surface area contributed by atoms with Crippen molar-refractivity contribution in [1.82, 2.24) is 14.7 Å². The molecule has 2 heterocycles. The zero-order chi connectivity index (χ0) is 14.3. The van der Waals surface area contributed by atoms with E-state index in [0.29, 0.717) is 23.3 Å². The molecular weight excluding hydrogens is 254 g/mol. The van der Waals surface area contributed by atoms with Crippen LogP contribution in [0.5, 0.6) is 0 Å². The quantitative estimate of drug-likeness (QED) is 0.716. The Morgan fingerprint density at radius 2 is 2.05 bits per heavy atom. The molecule has 0 aliphatic heterocycles. The standard InChI is InChI=1S/C15H15N3O2/c1-9-4-5-10(2)12(6-9)7-18-8-16-14-13(15(18)19)11(3)17-20-14/h4-6,8H,7H2,1-3H3. The molecule has 1 aromatic carbocycles. The van der Waals surface area contributed by atoms with Crippen LogP contribution in [0.15, 0.2) is 33.8 Å². The minimum Gasteiger partial charge on any atom is -0.335 e. The van der Waals surface area contributed by atoms with Crippen molar-refractivity contribution in [3.8, 4) is 0 Å². The molecule has 0 atom stereocenters. The van der Waals surface area contributed by atoms with Crippen LogP contribution in [0.2, 0.25) is 0 Å². The molecule has 0 spiro atoms. The average molecular weight is 269 g/mol. The number of benzene rings is 1. The maximum atomic E-state index is 12.4. The van der Waals surface area contributed by atoms with Crippen molar-refractivity contribution < 1.29 is 4.52 Å². The van der Waals surface area contributed by atoms with Crippen molar-refractivity contribution in [3.63, 3.8) is 0 Å². The third-order valence-corrected chi connectivity index (χ3v) is 3.48. The summed E-state index contributed by atoms with van der Waals surface area (Å²) in [6, 6.07) is 6.21. The third-order valence-electron chi connectivity index (χ3n) is 3.48. The molecule has 0 unspecified atom stereocenters. The molecule has 3 aromatic rings. The van der Waals surface area contributed by atoms with Gasteiger partial charge in [-0.15, -0.1) is 0 Å². The van der Waals surface area contributed by atoms with Gasteiger partial charge in [0.2, 0.25) is 0 Å². The van der Waals surface area contributed by atoms with Gasteiger partial charge in [0.25, 0.3) is 11.3 Å². The minimum atomic E-state index is -0.116. The summed E-state index contributed by atoms with van der Waals surface area (Å²) >= 11 is 0. The predicted octanol–water partition coefficient (Wildman–Crippen LogP) is 2.36. The summed E-state index contributed by atoms with van der Waals surface area (Å²) in [5.41, 5.74) is 4.20. The molecular formula is C15H15N3O2. The molecule has 0 radical (unpaired) electrons. The lowest BCUT2D eigenvalue weighted by Crippen LogP contribution is -2.21. The second kappa shape index (κ2) is 4.59. The molecule has 0 aliphatic carbocycles. The summed E-state index contributed by atoms with van der Waals surface area (Å²) in [6.45, 7) is 6.32. The lowest BCUT2D eigenvalue weighted by Gasteiger charge is -2.09. The largest absolute Gasteiger partial charge is 0.335 e. The minimum absolute atomic E-state index is 0.116. The van der Waals surface area contributed by atoms with E-state index in [9.17, 15) is 4.79 Å². The summed E-state index contributed by atoms with van der Waals surface area (Å²) in [4.78, 5) is 16.6. The summed E-state index contributed by atoms with van der Waals surface area (Å²) in [7, 11) is 0. The van der Waals surface area contributed by atoms with E-state index in [4.69, 9.17) is 4.52 Å². The van der Waals surface area contributed by atoms with Gasteiger partial charge in [-0.25, -0.2) is 4.98 Å². The fraction of sp³-hybridized carbons (Fsp3) is 0.267. The highest BCUT2D eigenvalue weighted by Gasteiger charge is 2.12. The topological polar surface area (TPSA) is 60.9 Å². The van der Waals surface area contributed by atoms with E-state index in [2.05, 4.69) is 28.3 Å². The summed E-state index contributed by atoms with van der Waals surface area (Å²) in [6.07, 6.45) is 1.51. The molecule has 0 fully saturated rings. The van der Waals surface area contributed by atoms with Crippen LogP contribution in [0.25, 0.3) is 11.1 Å². The van der Waals surface area contributed by atoms with Crippen molar-refractivity contribution in [1.29, 1.82) is 0 Å². The van der Waals surface area contributed by atoms with Gasteiger partial charge in [-0.1, -0.05) is 28.9 Å². The Balaban J connectivity index is 2.11. The monoisotopic (exact) mass is 269 g/mol. The van der Waals surface area contributed by atoms with Gasteiger partial charge in [-0.05, 0) is 31.9 Å². The number of aryl methyl sites for hydroxylation is 3. The number of rotatable bonds is 2. The van der Waals surface area contributed by atoms with Crippen molar-refractivity contribution in [2.75, 3.05) is 0 Å². The second-order valence-corrected chi connectivity index (χ2v) is 5.06. The normalized spacial score (nSPS) is 11.2. The van der Waals surface area contributed by atoms with Gasteiger partial charge in [-0.3, -0.25) is 9.36 Å². The highest BCUT2D eigenvalue weighted by Crippen LogP contribution is 2.13. The number of aromatic nitrogens is 3. The molecule has 0 amide bonds. The molecule has 2 aromatic heterocycles. The van der Waals surface area contributed by atoms with Crippen LogP contribution in [-0.4, -0.2) is 14.7 Å². The SMILES string of the molecule is Cc1ccc(C)c(Cn2cnc3onc(C)c3c2=O)c1. The van der Waals surface area contributed by atoms with Gasteiger partial charge in [0.15, 0.2) is 0 Å². The van der Waals surface area contributed by atoms with Crippen LogP contribution in [0.3, 0.4) is 0 Å². The third kappa shape index (κ3) is 2.01. The lowest BCUT2D eigenvalue weighted by molar-refractivity contribution is 0.442. The molecule has 0 saturated heterocycles. The first kappa shape index (κ1) is 12.6. The Morgan fingerprint density at radius 1 is 1.25 bits per heavy atom. The summed E-state index contributed by atoms with van der Waals surface area (Å²) in [5, 5.41) is 4.24. The fourth-order valence-electron chi connectivity index (χ4n) is 2.28. The summed E-state index contributed by atoms with van der Waals surface area (Å²) < 4.78 is 6.59. The van der Waals surface area contributed by atoms with Crippen LogP contribution in [-0.2, 0) is 6.54 Å². The number of hydrogen-bond donors (Lipinski definition) is 0. The van der Waals surface area contributed by atoms with Gasteiger partial charge in [-0.2, -0.15) is 0 Å². The molecule has 20 heavy (non-hydrogen) atoms. The average Bonchev–Trinajstić information content (AvgIpc) is 2.79. The molecule has 3 rings (SSSR count). The zero-order valence-electron chi connectivity index (χ0n) is 11.7. The van der Waals surface area contributed by atoms with Crippen LogP contribution >= 0.6 is 0 Å². The Morgan fingerprint density at radius 3 is 2.85 bits per heavy atom. The fourth-order valence-corrected chi connectivity index (χ4v) is 2.28. The first-order valence-corrected chi connectivity index (χ1v) is 6.44. The van der Waals surface area contributed by atoms with E-state index in [0.717, 1.165) is 11.1 Å². The Labute approximate surface area is 115 Å². The van der Waals surface area contributed by atoms with Gasteiger partial charge in [0.1, 0.15) is 11.7 Å². The summed E-state index contributed by atoms with van der Waals surface area (Å²) in [5.74, 6) is 0. The smallest absolute Gasteiger partial charge is 0.266 e. The molecule has 0 N–H and O–H groups in total. The highest BCUT2D eigenvalue weighted by atomic mass is 16.5. The van der Waals surface area contributed by atoms with Crippen LogP contribution in [0.4, 0.5) is 0 Å². The van der Waals surface area contributed by atoms with Crippen molar-refractivity contribution in [2.45, 2.75) is 27.3 Å². The molecule has 0 saturated carbocycles. The first-order chi connectivity index (χ1) is 9.56. The van der Waals surface area contributed by atoms with E-state index in [1.165, 1.54) is 11.9 Å². The van der Waals surface area contributed by atoms with Crippen LogP contribution < -0.4 is 5.56 Å². The van der Waals surface area contributed by atoms with Crippen molar-refractivity contribution in [2.24, 2.45) is 0 Å². The van der Waals surface area contributed by atoms with Crippen LogP contribution in [0, 0.1) is 20.8 Å². The van der Waals surface area contributed by atoms with Gasteiger partial charge in [0.05, 0.1) is 12.2 Å². The molecule has 5 nitrogen and oxygen atoms in total. The number of hydrogen-bond acceptors (Lipinski definition) is 4. The number of fused-ring (bicyclic) bond motifs is 1. The maximum Gasteiger partial charge on any atom is 0.266 e. The number of nitrogens with zero attached hydrogens (tertiary/aromatic N) is 3.